The number of pyridine rings is 1. The van der Waals surface area contributed by atoms with Crippen molar-refractivity contribution in [3.63, 3.8) is 0 Å². The van der Waals surface area contributed by atoms with E-state index in [1.54, 1.807) is 18.3 Å². The number of aromatic nitrogens is 3. The van der Waals surface area contributed by atoms with Crippen LogP contribution in [0.1, 0.15) is 48.9 Å². The molecule has 2 aromatic heterocycles. The van der Waals surface area contributed by atoms with Gasteiger partial charge in [-0.15, -0.1) is 0 Å². The van der Waals surface area contributed by atoms with E-state index in [1.807, 2.05) is 58.0 Å². The topological polar surface area (TPSA) is 103 Å². The first-order chi connectivity index (χ1) is 14.3. The Hall–Kier alpha value is -3.61. The van der Waals surface area contributed by atoms with E-state index in [0.29, 0.717) is 17.1 Å². The number of nitrogens with two attached hydrogens (primary N) is 1. The van der Waals surface area contributed by atoms with Crippen molar-refractivity contribution in [2.45, 2.75) is 40.2 Å². The molecule has 0 aliphatic carbocycles. The number of hydrogen-bond donors (Lipinski definition) is 2. The summed E-state index contributed by atoms with van der Waals surface area (Å²) < 4.78 is 7.62. The summed E-state index contributed by atoms with van der Waals surface area (Å²) in [6.45, 7) is 7.86. The van der Waals surface area contributed by atoms with Crippen LogP contribution >= 0.6 is 0 Å². The first kappa shape index (κ1) is 21.1. The van der Waals surface area contributed by atoms with Crippen molar-refractivity contribution in [1.82, 2.24) is 14.5 Å². The second kappa shape index (κ2) is 8.82. The minimum Gasteiger partial charge on any atom is -0.440 e. The fourth-order valence-electron chi connectivity index (χ4n) is 3.34. The summed E-state index contributed by atoms with van der Waals surface area (Å²) in [4.78, 5) is 31.7. The highest BCUT2D eigenvalue weighted by Gasteiger charge is 2.20. The largest absolute Gasteiger partial charge is 0.440 e. The SMILES string of the molecule is CC=Cc1cc(C)cc(Oc2c(C(C)C)c(=O)[nH]c(=O)n2Cc2ccnc(N)c2)c1. The van der Waals surface area contributed by atoms with Crippen LogP contribution < -0.4 is 21.7 Å². The minimum atomic E-state index is -0.545. The van der Waals surface area contributed by atoms with Crippen LogP contribution in [0.15, 0.2) is 52.2 Å². The maximum atomic E-state index is 12.7. The van der Waals surface area contributed by atoms with Crippen molar-refractivity contribution in [3.05, 3.63) is 85.7 Å². The number of rotatable bonds is 6. The number of H-pyrrole nitrogens is 1. The molecule has 156 valence electrons. The predicted molar refractivity (Wildman–Crippen MR) is 119 cm³/mol. The first-order valence-electron chi connectivity index (χ1n) is 9.78. The highest BCUT2D eigenvalue weighted by atomic mass is 16.5. The summed E-state index contributed by atoms with van der Waals surface area (Å²) >= 11 is 0. The third-order valence-electron chi connectivity index (χ3n) is 4.60. The summed E-state index contributed by atoms with van der Waals surface area (Å²) in [5.74, 6) is 0.980. The van der Waals surface area contributed by atoms with Gasteiger partial charge in [0.2, 0.25) is 5.88 Å². The van der Waals surface area contributed by atoms with Crippen molar-refractivity contribution < 1.29 is 4.74 Å². The standard InChI is InChI=1S/C23H26N4O3/c1-5-6-16-9-15(4)10-18(11-16)30-22-20(14(2)3)21(28)26-23(29)27(22)13-17-7-8-25-19(24)12-17/h5-12,14H,13H2,1-4H3,(H2,24,25)(H,26,28,29). The molecule has 30 heavy (non-hydrogen) atoms. The Kier molecular flexibility index (Phi) is 6.20. The molecule has 0 aliphatic heterocycles. The minimum absolute atomic E-state index is 0.155. The molecule has 0 aliphatic rings. The summed E-state index contributed by atoms with van der Waals surface area (Å²) in [5.41, 5.74) is 7.95. The number of nitrogens with one attached hydrogen (secondary N) is 1. The van der Waals surface area contributed by atoms with E-state index in [-0.39, 0.29) is 18.3 Å². The molecule has 0 bridgehead atoms. The molecular weight excluding hydrogens is 380 g/mol. The van der Waals surface area contributed by atoms with E-state index in [9.17, 15) is 9.59 Å². The lowest BCUT2D eigenvalue weighted by Gasteiger charge is -2.19. The molecule has 3 N–H and O–H groups in total. The second-order valence-corrected chi connectivity index (χ2v) is 7.49. The van der Waals surface area contributed by atoms with Crippen LogP contribution in [0.5, 0.6) is 11.6 Å². The van der Waals surface area contributed by atoms with Gasteiger partial charge in [0, 0.05) is 6.20 Å². The molecule has 0 atom stereocenters. The zero-order valence-electron chi connectivity index (χ0n) is 17.6. The highest BCUT2D eigenvalue weighted by Crippen LogP contribution is 2.29. The zero-order chi connectivity index (χ0) is 21.8. The number of anilines is 1. The van der Waals surface area contributed by atoms with Gasteiger partial charge in [-0.1, -0.05) is 32.1 Å². The van der Waals surface area contributed by atoms with Crippen molar-refractivity contribution in [2.24, 2.45) is 0 Å². The Balaban J connectivity index is 2.18. The third-order valence-corrected chi connectivity index (χ3v) is 4.60. The van der Waals surface area contributed by atoms with Crippen molar-refractivity contribution in [3.8, 4) is 11.6 Å². The molecule has 1 aromatic carbocycles. The summed E-state index contributed by atoms with van der Waals surface area (Å²) in [6.07, 6.45) is 5.48. The summed E-state index contributed by atoms with van der Waals surface area (Å²) in [6, 6.07) is 9.23. The molecule has 0 saturated heterocycles. The van der Waals surface area contributed by atoms with Gasteiger partial charge in [-0.05, 0) is 60.7 Å². The van der Waals surface area contributed by atoms with Gasteiger partial charge >= 0.3 is 5.69 Å². The second-order valence-electron chi connectivity index (χ2n) is 7.49. The number of ether oxygens (including phenoxy) is 1. The van der Waals surface area contributed by atoms with Crippen LogP contribution in [0.4, 0.5) is 5.82 Å². The zero-order valence-corrected chi connectivity index (χ0v) is 17.6. The average molecular weight is 406 g/mol. The Bertz CT molecular complexity index is 1210. The normalized spacial score (nSPS) is 11.4. The highest BCUT2D eigenvalue weighted by molar-refractivity contribution is 5.53. The van der Waals surface area contributed by atoms with Gasteiger partial charge in [0.15, 0.2) is 0 Å². The maximum absolute atomic E-state index is 12.7. The van der Waals surface area contributed by atoms with E-state index in [0.717, 1.165) is 16.7 Å². The van der Waals surface area contributed by atoms with E-state index >= 15 is 0 Å². The average Bonchev–Trinajstić information content (AvgIpc) is 2.64. The lowest BCUT2D eigenvalue weighted by Crippen LogP contribution is -2.34. The van der Waals surface area contributed by atoms with Gasteiger partial charge in [0.1, 0.15) is 11.6 Å². The summed E-state index contributed by atoms with van der Waals surface area (Å²) in [5, 5.41) is 0. The van der Waals surface area contributed by atoms with E-state index in [4.69, 9.17) is 10.5 Å². The number of benzene rings is 1. The molecule has 7 heteroatoms. The molecule has 0 unspecified atom stereocenters. The van der Waals surface area contributed by atoms with E-state index < -0.39 is 11.2 Å². The smallest absolute Gasteiger partial charge is 0.331 e. The monoisotopic (exact) mass is 406 g/mol. The molecule has 0 amide bonds. The van der Waals surface area contributed by atoms with Gasteiger partial charge in [-0.2, -0.15) is 0 Å². The number of hydrogen-bond acceptors (Lipinski definition) is 5. The van der Waals surface area contributed by atoms with Crippen LogP contribution in [-0.4, -0.2) is 14.5 Å². The van der Waals surface area contributed by atoms with Crippen molar-refractivity contribution in [2.75, 3.05) is 5.73 Å². The van der Waals surface area contributed by atoms with Gasteiger partial charge in [0.25, 0.3) is 5.56 Å². The van der Waals surface area contributed by atoms with Crippen LogP contribution in [-0.2, 0) is 6.54 Å². The Labute approximate surface area is 174 Å². The molecule has 3 rings (SSSR count). The van der Waals surface area contributed by atoms with E-state index in [1.165, 1.54) is 4.57 Å². The number of aryl methyl sites for hydroxylation is 1. The molecule has 0 radical (unpaired) electrons. The molecule has 2 heterocycles. The number of nitrogens with zero attached hydrogens (tertiary/aromatic N) is 2. The van der Waals surface area contributed by atoms with Gasteiger partial charge < -0.3 is 10.5 Å². The molecule has 0 spiro atoms. The van der Waals surface area contributed by atoms with Crippen LogP contribution in [0.25, 0.3) is 6.08 Å². The van der Waals surface area contributed by atoms with Crippen molar-refractivity contribution in [1.29, 1.82) is 0 Å². The number of nitrogen functional groups attached to an aromatic ring is 1. The Morgan fingerprint density at radius 3 is 2.67 bits per heavy atom. The van der Waals surface area contributed by atoms with Crippen molar-refractivity contribution >= 4 is 11.9 Å². The van der Waals surface area contributed by atoms with Crippen LogP contribution in [0.3, 0.4) is 0 Å². The predicted octanol–water partition coefficient (Wildman–Crippen LogP) is 3.82. The van der Waals surface area contributed by atoms with Gasteiger partial charge in [-0.25, -0.2) is 9.78 Å². The molecule has 0 fully saturated rings. The van der Waals surface area contributed by atoms with Crippen LogP contribution in [0, 0.1) is 6.92 Å². The lowest BCUT2D eigenvalue weighted by molar-refractivity contribution is 0.410. The van der Waals surface area contributed by atoms with Gasteiger partial charge in [0.05, 0.1) is 12.1 Å². The molecule has 7 nitrogen and oxygen atoms in total. The number of aromatic amines is 1. The summed E-state index contributed by atoms with van der Waals surface area (Å²) in [7, 11) is 0. The fraction of sp³-hybridized carbons (Fsp3) is 0.261. The third kappa shape index (κ3) is 4.68. The fourth-order valence-corrected chi connectivity index (χ4v) is 3.34. The molecule has 3 aromatic rings. The van der Waals surface area contributed by atoms with Crippen LogP contribution in [0.2, 0.25) is 0 Å². The first-order valence-corrected chi connectivity index (χ1v) is 9.78. The Morgan fingerprint density at radius 2 is 2.00 bits per heavy atom. The van der Waals surface area contributed by atoms with E-state index in [2.05, 4.69) is 9.97 Å². The quantitative estimate of drug-likeness (QED) is 0.648. The van der Waals surface area contributed by atoms with Gasteiger partial charge in [-0.3, -0.25) is 14.3 Å². The maximum Gasteiger partial charge on any atom is 0.331 e. The molecule has 0 saturated carbocycles. The molecular formula is C23H26N4O3. The number of allylic oxidation sites excluding steroid dienone is 1. The Morgan fingerprint density at radius 1 is 1.23 bits per heavy atom. The lowest BCUT2D eigenvalue weighted by atomic mass is 10.1.